The molecule has 1 atom stereocenters. The number of ether oxygens (including phenoxy) is 1. The molecule has 0 saturated carbocycles. The van der Waals surface area contributed by atoms with E-state index in [0.29, 0.717) is 5.02 Å². The number of hydrogen-bond donors (Lipinski definition) is 0. The molecule has 1 aliphatic rings. The van der Waals surface area contributed by atoms with Crippen LogP contribution in [-0.2, 0) is 9.53 Å². The number of aromatic nitrogens is 2. The summed E-state index contributed by atoms with van der Waals surface area (Å²) in [6.07, 6.45) is 0.775. The minimum Gasteiger partial charge on any atom is -0.467 e. The number of carbonyl (C=O) groups is 1. The Morgan fingerprint density at radius 2 is 2.39 bits per heavy atom. The predicted molar refractivity (Wildman–Crippen MR) is 70.2 cm³/mol. The van der Waals surface area contributed by atoms with E-state index in [2.05, 4.69) is 8.75 Å². The van der Waals surface area contributed by atoms with Gasteiger partial charge in [-0.3, -0.25) is 0 Å². The van der Waals surface area contributed by atoms with Crippen molar-refractivity contribution in [2.24, 2.45) is 0 Å². The number of hydrogen-bond acceptors (Lipinski definition) is 6. The van der Waals surface area contributed by atoms with Crippen LogP contribution in [0, 0.1) is 0 Å². The fraction of sp³-hybridized carbons (Fsp3) is 0.364. The quantitative estimate of drug-likeness (QED) is 0.790. The first-order valence-electron chi connectivity index (χ1n) is 5.47. The van der Waals surface area contributed by atoms with Crippen molar-refractivity contribution >= 4 is 46.0 Å². The molecular formula is C11H10ClN3O2S. The van der Waals surface area contributed by atoms with Crippen molar-refractivity contribution in [1.29, 1.82) is 0 Å². The second-order valence-electron chi connectivity index (χ2n) is 4.05. The molecule has 2 heterocycles. The number of carbonyl (C=O) groups excluding carboxylic acids is 1. The van der Waals surface area contributed by atoms with Crippen LogP contribution in [0.2, 0.25) is 5.02 Å². The molecule has 0 amide bonds. The number of anilines is 1. The third-order valence-corrected chi connectivity index (χ3v) is 3.98. The van der Waals surface area contributed by atoms with E-state index in [1.165, 1.54) is 7.11 Å². The third kappa shape index (κ3) is 1.64. The van der Waals surface area contributed by atoms with Crippen LogP contribution < -0.4 is 4.90 Å². The molecule has 0 N–H and O–H groups in total. The molecule has 0 aliphatic carbocycles. The third-order valence-electron chi connectivity index (χ3n) is 3.13. The number of methoxy groups -OCH3 is 1. The number of nitrogens with zero attached hydrogens (tertiary/aromatic N) is 3. The second kappa shape index (κ2) is 4.37. The van der Waals surface area contributed by atoms with Gasteiger partial charge in [0.2, 0.25) is 0 Å². The van der Waals surface area contributed by atoms with Gasteiger partial charge in [0, 0.05) is 6.54 Å². The molecule has 2 aromatic rings. The Kier molecular flexibility index (Phi) is 2.83. The average molecular weight is 284 g/mol. The summed E-state index contributed by atoms with van der Waals surface area (Å²) >= 11 is 7.37. The van der Waals surface area contributed by atoms with E-state index in [4.69, 9.17) is 16.3 Å². The summed E-state index contributed by atoms with van der Waals surface area (Å²) in [6.45, 7) is 0.774. The lowest BCUT2D eigenvalue weighted by atomic mass is 10.0. The molecule has 0 bridgehead atoms. The molecule has 1 unspecified atom stereocenters. The van der Waals surface area contributed by atoms with Gasteiger partial charge < -0.3 is 9.64 Å². The van der Waals surface area contributed by atoms with Crippen LogP contribution >= 0.6 is 23.3 Å². The lowest BCUT2D eigenvalue weighted by Gasteiger charge is -2.41. The monoisotopic (exact) mass is 283 g/mol. The van der Waals surface area contributed by atoms with Crippen molar-refractivity contribution in [3.8, 4) is 0 Å². The summed E-state index contributed by atoms with van der Waals surface area (Å²) in [5.74, 6) is -0.238. The molecule has 7 heteroatoms. The largest absolute Gasteiger partial charge is 0.467 e. The maximum Gasteiger partial charge on any atom is 0.328 e. The Bertz CT molecular complexity index is 615. The smallest absolute Gasteiger partial charge is 0.328 e. The zero-order chi connectivity index (χ0) is 12.7. The van der Waals surface area contributed by atoms with Gasteiger partial charge in [-0.05, 0) is 18.6 Å². The van der Waals surface area contributed by atoms with Gasteiger partial charge in [-0.25, -0.2) is 4.79 Å². The second-order valence-corrected chi connectivity index (χ2v) is 4.98. The summed E-state index contributed by atoms with van der Waals surface area (Å²) in [7, 11) is 1.39. The highest BCUT2D eigenvalue weighted by Gasteiger charge is 2.37. The highest BCUT2D eigenvalue weighted by atomic mass is 35.5. The number of esters is 1. The molecule has 1 saturated heterocycles. The van der Waals surface area contributed by atoms with Gasteiger partial charge in [0.1, 0.15) is 17.1 Å². The molecular weight excluding hydrogens is 274 g/mol. The molecule has 3 rings (SSSR count). The normalized spacial score (nSPS) is 18.8. The van der Waals surface area contributed by atoms with Crippen LogP contribution in [0.5, 0.6) is 0 Å². The summed E-state index contributed by atoms with van der Waals surface area (Å²) in [6, 6.07) is 3.35. The Labute approximate surface area is 113 Å². The van der Waals surface area contributed by atoms with Gasteiger partial charge in [0.05, 0.1) is 29.5 Å². The van der Waals surface area contributed by atoms with Crippen LogP contribution in [0.3, 0.4) is 0 Å². The van der Waals surface area contributed by atoms with Gasteiger partial charge in [-0.2, -0.15) is 8.75 Å². The summed E-state index contributed by atoms with van der Waals surface area (Å²) < 4.78 is 13.2. The zero-order valence-electron chi connectivity index (χ0n) is 9.59. The molecule has 94 valence electrons. The fourth-order valence-electron chi connectivity index (χ4n) is 2.12. The maximum atomic E-state index is 11.6. The Morgan fingerprint density at radius 1 is 1.56 bits per heavy atom. The van der Waals surface area contributed by atoms with Crippen LogP contribution in [0.15, 0.2) is 12.1 Å². The minimum absolute atomic E-state index is 0.238. The van der Waals surface area contributed by atoms with Gasteiger partial charge >= 0.3 is 5.97 Å². The highest BCUT2D eigenvalue weighted by Crippen LogP contribution is 2.38. The van der Waals surface area contributed by atoms with Crippen molar-refractivity contribution in [2.45, 2.75) is 12.5 Å². The molecule has 1 aromatic heterocycles. The highest BCUT2D eigenvalue weighted by molar-refractivity contribution is 7.00. The summed E-state index contributed by atoms with van der Waals surface area (Å²) in [4.78, 5) is 13.6. The van der Waals surface area contributed by atoms with E-state index >= 15 is 0 Å². The fourth-order valence-corrected chi connectivity index (χ4v) is 2.92. The number of rotatable bonds is 2. The first kappa shape index (κ1) is 11.7. The summed E-state index contributed by atoms with van der Waals surface area (Å²) in [5, 5.41) is 0.587. The molecule has 1 aromatic carbocycles. The van der Waals surface area contributed by atoms with E-state index in [0.717, 1.165) is 41.4 Å². The van der Waals surface area contributed by atoms with Crippen molar-refractivity contribution < 1.29 is 9.53 Å². The number of halogens is 1. The topological polar surface area (TPSA) is 55.3 Å². The molecule has 1 aliphatic heterocycles. The molecule has 18 heavy (non-hydrogen) atoms. The van der Waals surface area contributed by atoms with E-state index < -0.39 is 0 Å². The van der Waals surface area contributed by atoms with Crippen molar-refractivity contribution in [1.82, 2.24) is 8.75 Å². The number of fused-ring (bicyclic) bond motifs is 1. The van der Waals surface area contributed by atoms with Crippen LogP contribution in [0.1, 0.15) is 6.42 Å². The first-order chi connectivity index (χ1) is 8.72. The average Bonchev–Trinajstić information content (AvgIpc) is 2.79. The van der Waals surface area contributed by atoms with Crippen molar-refractivity contribution in [2.75, 3.05) is 18.6 Å². The van der Waals surface area contributed by atoms with Gasteiger partial charge in [0.25, 0.3) is 0 Å². The maximum absolute atomic E-state index is 11.6. The van der Waals surface area contributed by atoms with Gasteiger partial charge in [-0.15, -0.1) is 0 Å². The zero-order valence-corrected chi connectivity index (χ0v) is 11.2. The Balaban J connectivity index is 2.06. The van der Waals surface area contributed by atoms with Crippen LogP contribution in [0.25, 0.3) is 11.0 Å². The molecule has 5 nitrogen and oxygen atoms in total. The Morgan fingerprint density at radius 3 is 3.06 bits per heavy atom. The van der Waals surface area contributed by atoms with Crippen LogP contribution in [-0.4, -0.2) is 34.4 Å². The van der Waals surface area contributed by atoms with E-state index in [1.54, 1.807) is 6.07 Å². The minimum atomic E-state index is -0.264. The number of benzene rings is 1. The first-order valence-corrected chi connectivity index (χ1v) is 6.58. The summed E-state index contributed by atoms with van der Waals surface area (Å²) in [5.41, 5.74) is 2.33. The standard InChI is InChI=1S/C11H10ClN3O2S/c1-17-11(16)8-4-5-15(8)10-6(12)2-3-7-9(10)14-18-13-7/h2-3,8H,4-5H2,1H3. The lowest BCUT2D eigenvalue weighted by molar-refractivity contribution is -0.143. The van der Waals surface area contributed by atoms with E-state index in [-0.39, 0.29) is 12.0 Å². The Hall–Kier alpha value is -1.40. The predicted octanol–water partition coefficient (Wildman–Crippen LogP) is 2.10. The van der Waals surface area contributed by atoms with E-state index in [1.807, 2.05) is 11.0 Å². The molecule has 1 fully saturated rings. The van der Waals surface area contributed by atoms with Gasteiger partial charge in [0.15, 0.2) is 0 Å². The molecule has 0 radical (unpaired) electrons. The van der Waals surface area contributed by atoms with Gasteiger partial charge in [-0.1, -0.05) is 11.6 Å². The van der Waals surface area contributed by atoms with Crippen LogP contribution in [0.4, 0.5) is 5.69 Å². The van der Waals surface area contributed by atoms with E-state index in [9.17, 15) is 4.79 Å². The molecule has 0 spiro atoms. The lowest BCUT2D eigenvalue weighted by Crippen LogP contribution is -2.53. The SMILES string of the molecule is COC(=O)C1CCN1c1c(Cl)ccc2nsnc12. The van der Waals surface area contributed by atoms with Crippen molar-refractivity contribution in [3.63, 3.8) is 0 Å². The van der Waals surface area contributed by atoms with Crippen molar-refractivity contribution in [3.05, 3.63) is 17.2 Å².